The summed E-state index contributed by atoms with van der Waals surface area (Å²) in [4.78, 5) is 11.8. The van der Waals surface area contributed by atoms with E-state index in [1.807, 2.05) is 13.1 Å². The maximum absolute atomic E-state index is 4.48. The third-order valence-corrected chi connectivity index (χ3v) is 5.22. The summed E-state index contributed by atoms with van der Waals surface area (Å²) in [5.41, 5.74) is 0. The van der Waals surface area contributed by atoms with Gasteiger partial charge in [0, 0.05) is 59.4 Å². The molecule has 26 heavy (non-hydrogen) atoms. The molecule has 6 heteroatoms. The molecule has 0 amide bonds. The van der Waals surface area contributed by atoms with Crippen molar-refractivity contribution in [2.45, 2.75) is 45.6 Å². The molecular formula is C20H42IN5. The normalized spacial score (nSPS) is 17.7. The zero-order valence-corrected chi connectivity index (χ0v) is 20.0. The number of nitrogens with one attached hydrogen (secondary N) is 1. The molecule has 1 heterocycles. The van der Waals surface area contributed by atoms with Gasteiger partial charge in [0.05, 0.1) is 0 Å². The first kappa shape index (κ1) is 25.7. The predicted octanol–water partition coefficient (Wildman–Crippen LogP) is 3.13. The molecule has 0 spiro atoms. The fourth-order valence-corrected chi connectivity index (χ4v) is 3.44. The summed E-state index contributed by atoms with van der Waals surface area (Å²) in [6.45, 7) is 15.1. The summed E-state index contributed by atoms with van der Waals surface area (Å²) in [5.74, 6) is 1.65. The van der Waals surface area contributed by atoms with E-state index in [0.29, 0.717) is 12.0 Å². The van der Waals surface area contributed by atoms with Crippen LogP contribution in [0, 0.1) is 5.92 Å². The Morgan fingerprint density at radius 2 is 1.85 bits per heavy atom. The van der Waals surface area contributed by atoms with Crippen LogP contribution in [0.1, 0.15) is 39.5 Å². The molecule has 154 valence electrons. The zero-order valence-electron chi connectivity index (χ0n) is 17.7. The maximum atomic E-state index is 4.48. The molecule has 5 nitrogen and oxygen atoms in total. The van der Waals surface area contributed by atoms with Crippen LogP contribution in [0.15, 0.2) is 17.6 Å². The summed E-state index contributed by atoms with van der Waals surface area (Å²) >= 11 is 0. The van der Waals surface area contributed by atoms with Gasteiger partial charge in [-0.1, -0.05) is 26.3 Å². The number of hydrogen-bond acceptors (Lipinski definition) is 3. The fourth-order valence-electron chi connectivity index (χ4n) is 3.44. The molecule has 0 aliphatic carbocycles. The lowest BCUT2D eigenvalue weighted by atomic mass is 10.0. The van der Waals surface area contributed by atoms with Crippen LogP contribution in [0.4, 0.5) is 0 Å². The molecule has 0 radical (unpaired) electrons. The highest BCUT2D eigenvalue weighted by Crippen LogP contribution is 2.13. The van der Waals surface area contributed by atoms with Crippen molar-refractivity contribution in [2.24, 2.45) is 10.9 Å². The minimum absolute atomic E-state index is 0. The van der Waals surface area contributed by atoms with Gasteiger partial charge < -0.3 is 15.1 Å². The van der Waals surface area contributed by atoms with Crippen LogP contribution in [-0.4, -0.2) is 87.1 Å². The second-order valence-electron chi connectivity index (χ2n) is 7.64. The highest BCUT2D eigenvalue weighted by Gasteiger charge is 2.25. The first-order chi connectivity index (χ1) is 12.0. The van der Waals surface area contributed by atoms with Crippen molar-refractivity contribution >= 4 is 29.9 Å². The van der Waals surface area contributed by atoms with Gasteiger partial charge in [-0.15, -0.1) is 30.6 Å². The molecule has 1 aliphatic heterocycles. The number of guanidine groups is 1. The molecule has 1 unspecified atom stereocenters. The Balaban J connectivity index is 0.00000625. The second-order valence-corrected chi connectivity index (χ2v) is 7.64. The van der Waals surface area contributed by atoms with Crippen LogP contribution in [0.3, 0.4) is 0 Å². The van der Waals surface area contributed by atoms with Crippen LogP contribution in [-0.2, 0) is 0 Å². The van der Waals surface area contributed by atoms with E-state index in [1.54, 1.807) is 0 Å². The number of allylic oxidation sites excluding steroid dienone is 1. The minimum Gasteiger partial charge on any atom is -0.355 e. The minimum atomic E-state index is 0. The number of likely N-dealkylation sites (N-methyl/N-ethyl adjacent to an activating group) is 1. The summed E-state index contributed by atoms with van der Waals surface area (Å²) in [7, 11) is 6.24. The molecule has 0 saturated carbocycles. The van der Waals surface area contributed by atoms with Gasteiger partial charge in [-0.25, -0.2) is 0 Å². The number of piperazine rings is 1. The largest absolute Gasteiger partial charge is 0.355 e. The van der Waals surface area contributed by atoms with Crippen LogP contribution < -0.4 is 5.32 Å². The van der Waals surface area contributed by atoms with Gasteiger partial charge in [0.25, 0.3) is 0 Å². The van der Waals surface area contributed by atoms with Crippen molar-refractivity contribution < 1.29 is 0 Å². The van der Waals surface area contributed by atoms with E-state index in [1.165, 1.54) is 45.4 Å². The van der Waals surface area contributed by atoms with E-state index < -0.39 is 0 Å². The van der Waals surface area contributed by atoms with E-state index in [-0.39, 0.29) is 24.0 Å². The quantitative estimate of drug-likeness (QED) is 0.172. The number of unbranched alkanes of at least 4 members (excludes halogenated alkanes) is 3. The topological polar surface area (TPSA) is 34.1 Å². The number of nitrogens with zero attached hydrogens (tertiary/aromatic N) is 4. The van der Waals surface area contributed by atoms with Crippen LogP contribution in [0.2, 0.25) is 0 Å². The van der Waals surface area contributed by atoms with Gasteiger partial charge in [0.15, 0.2) is 5.96 Å². The van der Waals surface area contributed by atoms with Crippen molar-refractivity contribution in [1.29, 1.82) is 0 Å². The predicted molar refractivity (Wildman–Crippen MR) is 126 cm³/mol. The van der Waals surface area contributed by atoms with Crippen LogP contribution in [0.25, 0.3) is 0 Å². The van der Waals surface area contributed by atoms with Gasteiger partial charge in [0.1, 0.15) is 0 Å². The highest BCUT2D eigenvalue weighted by molar-refractivity contribution is 14.0. The Kier molecular flexibility index (Phi) is 14.5. The maximum Gasteiger partial charge on any atom is 0.193 e. The van der Waals surface area contributed by atoms with Gasteiger partial charge in [0.2, 0.25) is 0 Å². The van der Waals surface area contributed by atoms with Crippen molar-refractivity contribution in [2.75, 3.05) is 60.4 Å². The zero-order chi connectivity index (χ0) is 18.7. The van der Waals surface area contributed by atoms with E-state index >= 15 is 0 Å². The third-order valence-electron chi connectivity index (χ3n) is 5.22. The highest BCUT2D eigenvalue weighted by atomic mass is 127. The molecule has 0 aromatic carbocycles. The summed E-state index contributed by atoms with van der Waals surface area (Å²) in [5, 5.41) is 3.62. The van der Waals surface area contributed by atoms with Crippen LogP contribution >= 0.6 is 24.0 Å². The SMILES string of the molecule is C=CCCCCCN(C)C(=NC)NCC(C(C)C)N1CCN(C)CC1.I. The van der Waals surface area contributed by atoms with Crippen molar-refractivity contribution in [3.8, 4) is 0 Å². The first-order valence-electron chi connectivity index (χ1n) is 9.94. The second kappa shape index (κ2) is 14.7. The van der Waals surface area contributed by atoms with Crippen molar-refractivity contribution in [3.63, 3.8) is 0 Å². The Morgan fingerprint density at radius 1 is 1.19 bits per heavy atom. The monoisotopic (exact) mass is 479 g/mol. The number of halogens is 1. The standard InChI is InChI=1S/C20H41N5.HI/c1-7-8-9-10-11-12-24(6)20(21-4)22-17-19(18(2)3)25-15-13-23(5)14-16-25;/h7,18-19H,1,8-17H2,2-6H3,(H,21,22);1H. The molecule has 1 rings (SSSR count). The lowest BCUT2D eigenvalue weighted by Gasteiger charge is -2.40. The summed E-state index contributed by atoms with van der Waals surface area (Å²) < 4.78 is 0. The smallest absolute Gasteiger partial charge is 0.193 e. The Morgan fingerprint density at radius 3 is 2.38 bits per heavy atom. The molecule has 1 fully saturated rings. The fraction of sp³-hybridized carbons (Fsp3) is 0.850. The van der Waals surface area contributed by atoms with Crippen molar-refractivity contribution in [3.05, 3.63) is 12.7 Å². The average molecular weight is 479 g/mol. The molecule has 1 saturated heterocycles. The van der Waals surface area contributed by atoms with E-state index in [4.69, 9.17) is 0 Å². The summed E-state index contributed by atoms with van der Waals surface area (Å²) in [6.07, 6.45) is 6.83. The molecule has 0 aromatic rings. The van der Waals surface area contributed by atoms with Gasteiger partial charge in [-0.05, 0) is 32.2 Å². The van der Waals surface area contributed by atoms with Gasteiger partial charge >= 0.3 is 0 Å². The molecule has 0 aromatic heterocycles. The van der Waals surface area contributed by atoms with E-state index in [0.717, 1.165) is 25.5 Å². The summed E-state index contributed by atoms with van der Waals surface area (Å²) in [6, 6.07) is 0.562. The van der Waals surface area contributed by atoms with E-state index in [2.05, 4.69) is 59.5 Å². The molecule has 1 aliphatic rings. The molecule has 0 bridgehead atoms. The lowest BCUT2D eigenvalue weighted by molar-refractivity contribution is 0.0897. The third kappa shape index (κ3) is 9.55. The average Bonchev–Trinajstić information content (AvgIpc) is 2.59. The Bertz CT molecular complexity index is 392. The number of rotatable bonds is 10. The Labute approximate surface area is 179 Å². The molecular weight excluding hydrogens is 437 g/mol. The molecule has 1 atom stereocenters. The Hall–Kier alpha value is -0.340. The number of aliphatic imine (C=N–C) groups is 1. The van der Waals surface area contributed by atoms with Crippen LogP contribution in [0.5, 0.6) is 0 Å². The van der Waals surface area contributed by atoms with Crippen molar-refractivity contribution in [1.82, 2.24) is 20.0 Å². The van der Waals surface area contributed by atoms with Gasteiger partial charge in [-0.2, -0.15) is 0 Å². The van der Waals surface area contributed by atoms with E-state index in [9.17, 15) is 0 Å². The molecule has 1 N–H and O–H groups in total. The number of hydrogen-bond donors (Lipinski definition) is 1. The van der Waals surface area contributed by atoms with Gasteiger partial charge in [-0.3, -0.25) is 9.89 Å². The first-order valence-corrected chi connectivity index (χ1v) is 9.94. The lowest BCUT2D eigenvalue weighted by Crippen LogP contribution is -2.55.